The molecule has 2 rings (SSSR count). The van der Waals surface area contributed by atoms with Crippen LogP contribution in [0.5, 0.6) is 0 Å². The summed E-state index contributed by atoms with van der Waals surface area (Å²) in [6.45, 7) is 7.35. The average molecular weight is 261 g/mol. The third-order valence-electron chi connectivity index (χ3n) is 3.14. The first-order valence-corrected chi connectivity index (χ1v) is 6.49. The summed E-state index contributed by atoms with van der Waals surface area (Å²) in [7, 11) is 0. The highest BCUT2D eigenvalue weighted by Gasteiger charge is 2.13. The lowest BCUT2D eigenvalue weighted by Crippen LogP contribution is -2.07. The summed E-state index contributed by atoms with van der Waals surface area (Å²) in [5.41, 5.74) is 2.34. The molecule has 0 unspecified atom stereocenters. The molecule has 0 aliphatic rings. The van der Waals surface area contributed by atoms with Crippen LogP contribution in [0.3, 0.4) is 0 Å². The number of nitrogens with zero attached hydrogens (tertiary/aromatic N) is 1. The molecule has 0 radical (unpaired) electrons. The minimum absolute atomic E-state index is 0.261. The number of carboxylic acids is 1. The molecule has 0 saturated heterocycles. The van der Waals surface area contributed by atoms with Gasteiger partial charge in [0.25, 0.3) is 0 Å². The lowest BCUT2D eigenvalue weighted by molar-refractivity contribution is 0.0697. The van der Waals surface area contributed by atoms with Crippen molar-refractivity contribution in [2.24, 2.45) is 0 Å². The summed E-state index contributed by atoms with van der Waals surface area (Å²) in [5.74, 6) is -0.898. The molecule has 0 bridgehead atoms. The number of aromatic carboxylic acids is 1. The minimum Gasteiger partial charge on any atom is -0.478 e. The molecular weight excluding hydrogens is 242 g/mol. The predicted octanol–water partition coefficient (Wildman–Crippen LogP) is 3.46. The van der Waals surface area contributed by atoms with Gasteiger partial charge in [0.15, 0.2) is 0 Å². The molecule has 1 aromatic heterocycles. The standard InChI is InChI=1S/C15H19NO3/c1-4-19-9-13-7-11-5-6-12(15(17)18)8-14(11)16(13)10(2)3/h5-8,10H,4,9H2,1-3H3,(H,17,18). The molecule has 4 heteroatoms. The molecule has 1 aromatic carbocycles. The van der Waals surface area contributed by atoms with Crippen LogP contribution in [0, 0.1) is 0 Å². The van der Waals surface area contributed by atoms with Gasteiger partial charge < -0.3 is 14.4 Å². The van der Waals surface area contributed by atoms with Crippen molar-refractivity contribution < 1.29 is 14.6 Å². The van der Waals surface area contributed by atoms with E-state index in [1.54, 1.807) is 12.1 Å². The van der Waals surface area contributed by atoms with Crippen LogP contribution in [0.4, 0.5) is 0 Å². The Balaban J connectivity index is 2.58. The van der Waals surface area contributed by atoms with Crippen molar-refractivity contribution >= 4 is 16.9 Å². The number of carbonyl (C=O) groups is 1. The summed E-state index contributed by atoms with van der Waals surface area (Å²) in [6.07, 6.45) is 0. The van der Waals surface area contributed by atoms with Gasteiger partial charge in [0.1, 0.15) is 0 Å². The molecule has 0 aliphatic carbocycles. The van der Waals surface area contributed by atoms with E-state index in [2.05, 4.69) is 24.5 Å². The Hall–Kier alpha value is -1.81. The topological polar surface area (TPSA) is 51.5 Å². The normalized spacial score (nSPS) is 11.4. The number of ether oxygens (including phenoxy) is 1. The maximum Gasteiger partial charge on any atom is 0.335 e. The maximum absolute atomic E-state index is 11.1. The van der Waals surface area contributed by atoms with Crippen LogP contribution in [0.1, 0.15) is 42.9 Å². The molecule has 4 nitrogen and oxygen atoms in total. The van der Waals surface area contributed by atoms with Crippen LogP contribution < -0.4 is 0 Å². The first-order valence-electron chi connectivity index (χ1n) is 6.49. The Labute approximate surface area is 112 Å². The second-order valence-corrected chi connectivity index (χ2v) is 4.82. The van der Waals surface area contributed by atoms with E-state index in [9.17, 15) is 4.79 Å². The van der Waals surface area contributed by atoms with Crippen molar-refractivity contribution in [1.29, 1.82) is 0 Å². The van der Waals surface area contributed by atoms with Crippen molar-refractivity contribution in [2.45, 2.75) is 33.4 Å². The monoisotopic (exact) mass is 261 g/mol. The molecule has 1 heterocycles. The smallest absolute Gasteiger partial charge is 0.335 e. The number of rotatable bonds is 5. The van der Waals surface area contributed by atoms with Gasteiger partial charge >= 0.3 is 5.97 Å². The lowest BCUT2D eigenvalue weighted by Gasteiger charge is -2.14. The molecule has 19 heavy (non-hydrogen) atoms. The fourth-order valence-corrected chi connectivity index (χ4v) is 2.34. The summed E-state index contributed by atoms with van der Waals surface area (Å²) in [6, 6.07) is 7.55. The summed E-state index contributed by atoms with van der Waals surface area (Å²) in [4.78, 5) is 11.1. The third-order valence-corrected chi connectivity index (χ3v) is 3.14. The van der Waals surface area contributed by atoms with E-state index in [4.69, 9.17) is 9.84 Å². The van der Waals surface area contributed by atoms with Gasteiger partial charge in [0.05, 0.1) is 12.2 Å². The molecule has 0 saturated carbocycles. The quantitative estimate of drug-likeness (QED) is 0.896. The largest absolute Gasteiger partial charge is 0.478 e. The highest BCUT2D eigenvalue weighted by Crippen LogP contribution is 2.26. The second kappa shape index (κ2) is 5.45. The van der Waals surface area contributed by atoms with Crippen molar-refractivity contribution in [2.75, 3.05) is 6.61 Å². The Morgan fingerprint density at radius 1 is 1.37 bits per heavy atom. The molecular formula is C15H19NO3. The first kappa shape index (κ1) is 13.6. The van der Waals surface area contributed by atoms with Crippen molar-refractivity contribution in [3.8, 4) is 0 Å². The molecule has 1 N–H and O–H groups in total. The lowest BCUT2D eigenvalue weighted by atomic mass is 10.1. The van der Waals surface area contributed by atoms with Gasteiger partial charge in [-0.05, 0) is 39.0 Å². The van der Waals surface area contributed by atoms with Crippen LogP contribution in [-0.4, -0.2) is 22.2 Å². The molecule has 0 amide bonds. The van der Waals surface area contributed by atoms with E-state index >= 15 is 0 Å². The van der Waals surface area contributed by atoms with Gasteiger partial charge in [-0.1, -0.05) is 6.07 Å². The van der Waals surface area contributed by atoms with Crippen molar-refractivity contribution in [1.82, 2.24) is 4.57 Å². The van der Waals surface area contributed by atoms with Crippen LogP contribution in [0.25, 0.3) is 10.9 Å². The highest BCUT2D eigenvalue weighted by molar-refractivity contribution is 5.93. The Bertz CT molecular complexity index is 599. The molecule has 2 aromatic rings. The SMILES string of the molecule is CCOCc1cc2ccc(C(=O)O)cc2n1C(C)C. The Morgan fingerprint density at radius 2 is 2.11 bits per heavy atom. The van der Waals surface area contributed by atoms with Crippen LogP contribution in [-0.2, 0) is 11.3 Å². The number of fused-ring (bicyclic) bond motifs is 1. The van der Waals surface area contributed by atoms with Crippen LogP contribution in [0.2, 0.25) is 0 Å². The zero-order valence-electron chi connectivity index (χ0n) is 11.5. The van der Waals surface area contributed by atoms with E-state index in [0.29, 0.717) is 18.8 Å². The maximum atomic E-state index is 11.1. The second-order valence-electron chi connectivity index (χ2n) is 4.82. The van der Waals surface area contributed by atoms with E-state index in [-0.39, 0.29) is 6.04 Å². The molecule has 102 valence electrons. The molecule has 0 aliphatic heterocycles. The average Bonchev–Trinajstić information content (AvgIpc) is 2.73. The Morgan fingerprint density at radius 3 is 2.68 bits per heavy atom. The van der Waals surface area contributed by atoms with Gasteiger partial charge in [-0.15, -0.1) is 0 Å². The fraction of sp³-hybridized carbons (Fsp3) is 0.400. The summed E-state index contributed by atoms with van der Waals surface area (Å²) < 4.78 is 7.62. The number of benzene rings is 1. The minimum atomic E-state index is -0.898. The van der Waals surface area contributed by atoms with E-state index in [0.717, 1.165) is 16.6 Å². The Kier molecular flexibility index (Phi) is 3.90. The number of carboxylic acid groups (broad SMARTS) is 1. The number of hydrogen-bond acceptors (Lipinski definition) is 2. The van der Waals surface area contributed by atoms with Crippen LogP contribution in [0.15, 0.2) is 24.3 Å². The first-order chi connectivity index (χ1) is 9.04. The molecule has 0 atom stereocenters. The fourth-order valence-electron chi connectivity index (χ4n) is 2.34. The third kappa shape index (κ3) is 2.63. The van der Waals surface area contributed by atoms with Gasteiger partial charge in [0.2, 0.25) is 0 Å². The van der Waals surface area contributed by atoms with E-state index in [1.807, 2.05) is 13.0 Å². The van der Waals surface area contributed by atoms with Gasteiger partial charge in [-0.2, -0.15) is 0 Å². The van der Waals surface area contributed by atoms with E-state index in [1.165, 1.54) is 0 Å². The van der Waals surface area contributed by atoms with Crippen molar-refractivity contribution in [3.05, 3.63) is 35.5 Å². The number of hydrogen-bond donors (Lipinski definition) is 1. The van der Waals surface area contributed by atoms with Crippen LogP contribution >= 0.6 is 0 Å². The zero-order valence-corrected chi connectivity index (χ0v) is 11.5. The summed E-state index contributed by atoms with van der Waals surface area (Å²) >= 11 is 0. The predicted molar refractivity (Wildman–Crippen MR) is 74.6 cm³/mol. The van der Waals surface area contributed by atoms with E-state index < -0.39 is 5.97 Å². The van der Waals surface area contributed by atoms with Crippen molar-refractivity contribution in [3.63, 3.8) is 0 Å². The summed E-state index contributed by atoms with van der Waals surface area (Å²) in [5, 5.41) is 10.1. The van der Waals surface area contributed by atoms with Gasteiger partial charge in [-0.3, -0.25) is 0 Å². The highest BCUT2D eigenvalue weighted by atomic mass is 16.5. The molecule has 0 fully saturated rings. The molecule has 0 spiro atoms. The van der Waals surface area contributed by atoms with Gasteiger partial charge in [-0.25, -0.2) is 4.79 Å². The van der Waals surface area contributed by atoms with Gasteiger partial charge in [0, 0.05) is 29.2 Å². The number of aromatic nitrogens is 1. The zero-order chi connectivity index (χ0) is 14.0.